The Kier molecular flexibility index (Phi) is 5.53. The predicted molar refractivity (Wildman–Crippen MR) is 80.5 cm³/mol. The van der Waals surface area contributed by atoms with Gasteiger partial charge in [0.15, 0.2) is 0 Å². The molecular formula is C16H24F2N2O. The van der Waals surface area contributed by atoms with Crippen LogP contribution in [0.15, 0.2) is 24.3 Å². The second-order valence-corrected chi connectivity index (χ2v) is 5.90. The van der Waals surface area contributed by atoms with E-state index in [4.69, 9.17) is 5.73 Å². The van der Waals surface area contributed by atoms with Crippen LogP contribution in [0.4, 0.5) is 14.5 Å². The second kappa shape index (κ2) is 7.18. The summed E-state index contributed by atoms with van der Waals surface area (Å²) in [6.07, 6.45) is 1.10. The van der Waals surface area contributed by atoms with Gasteiger partial charge in [0.05, 0.1) is 6.10 Å². The van der Waals surface area contributed by atoms with Gasteiger partial charge in [0, 0.05) is 25.1 Å². The molecule has 1 atom stereocenters. The Bertz CT molecular complexity index is 444. The summed E-state index contributed by atoms with van der Waals surface area (Å²) in [5.41, 5.74) is 7.20. The standard InChI is InChI=1S/C16H24F2N2O/c17-16(18)7-4-12(5-8-16)11-20-14-3-1-2-13(10-14)15(21)6-9-19/h1-3,10,12,15,20-21H,4-9,11,19H2. The normalized spacial score (nSPS) is 20.2. The Hall–Kier alpha value is -1.20. The van der Waals surface area contributed by atoms with Crippen LogP contribution < -0.4 is 11.1 Å². The van der Waals surface area contributed by atoms with E-state index in [0.717, 1.165) is 11.3 Å². The molecular weight excluding hydrogens is 274 g/mol. The van der Waals surface area contributed by atoms with Crippen molar-refractivity contribution < 1.29 is 13.9 Å². The van der Waals surface area contributed by atoms with Crippen molar-refractivity contribution in [2.24, 2.45) is 11.7 Å². The Morgan fingerprint density at radius 2 is 2.05 bits per heavy atom. The van der Waals surface area contributed by atoms with E-state index >= 15 is 0 Å². The molecule has 0 bridgehead atoms. The number of halogens is 2. The summed E-state index contributed by atoms with van der Waals surface area (Å²) >= 11 is 0. The molecule has 118 valence electrons. The van der Waals surface area contributed by atoms with E-state index in [1.54, 1.807) is 0 Å². The maximum atomic E-state index is 13.1. The molecule has 0 aromatic heterocycles. The lowest BCUT2D eigenvalue weighted by Crippen LogP contribution is -2.28. The third-order valence-corrected chi connectivity index (χ3v) is 4.14. The molecule has 1 aromatic rings. The molecule has 0 radical (unpaired) electrons. The van der Waals surface area contributed by atoms with Crippen molar-refractivity contribution in [2.75, 3.05) is 18.4 Å². The van der Waals surface area contributed by atoms with Crippen molar-refractivity contribution in [1.29, 1.82) is 0 Å². The molecule has 5 heteroatoms. The van der Waals surface area contributed by atoms with Crippen molar-refractivity contribution in [3.05, 3.63) is 29.8 Å². The summed E-state index contributed by atoms with van der Waals surface area (Å²) in [4.78, 5) is 0. The average Bonchev–Trinajstić information content (AvgIpc) is 2.47. The van der Waals surface area contributed by atoms with Gasteiger partial charge < -0.3 is 16.2 Å². The molecule has 1 fully saturated rings. The highest BCUT2D eigenvalue weighted by molar-refractivity contribution is 5.46. The summed E-state index contributed by atoms with van der Waals surface area (Å²) in [6, 6.07) is 7.58. The number of hydrogen-bond acceptors (Lipinski definition) is 3. The first-order valence-electron chi connectivity index (χ1n) is 7.60. The highest BCUT2D eigenvalue weighted by atomic mass is 19.3. The van der Waals surface area contributed by atoms with Gasteiger partial charge in [-0.2, -0.15) is 0 Å². The third-order valence-electron chi connectivity index (χ3n) is 4.14. The van der Waals surface area contributed by atoms with Crippen LogP contribution in [0.1, 0.15) is 43.8 Å². The Morgan fingerprint density at radius 3 is 2.71 bits per heavy atom. The lowest BCUT2D eigenvalue weighted by Gasteiger charge is -2.28. The first kappa shape index (κ1) is 16.2. The Morgan fingerprint density at radius 1 is 1.33 bits per heavy atom. The van der Waals surface area contributed by atoms with Gasteiger partial charge in [0.2, 0.25) is 5.92 Å². The third kappa shape index (κ3) is 4.93. The van der Waals surface area contributed by atoms with Gasteiger partial charge in [-0.05, 0) is 49.4 Å². The summed E-state index contributed by atoms with van der Waals surface area (Å²) in [7, 11) is 0. The van der Waals surface area contributed by atoms with Crippen LogP contribution in [0.25, 0.3) is 0 Å². The molecule has 1 aromatic carbocycles. The van der Waals surface area contributed by atoms with Crippen LogP contribution in [-0.2, 0) is 0 Å². The van der Waals surface area contributed by atoms with Crippen molar-refractivity contribution in [3.63, 3.8) is 0 Å². The smallest absolute Gasteiger partial charge is 0.248 e. The lowest BCUT2D eigenvalue weighted by molar-refractivity contribution is -0.0443. The number of rotatable bonds is 6. The number of nitrogens with two attached hydrogens (primary N) is 1. The van der Waals surface area contributed by atoms with Crippen LogP contribution in [0.3, 0.4) is 0 Å². The van der Waals surface area contributed by atoms with Crippen molar-refractivity contribution in [2.45, 2.75) is 44.1 Å². The van der Waals surface area contributed by atoms with E-state index in [1.165, 1.54) is 0 Å². The number of aliphatic hydroxyl groups excluding tert-OH is 1. The van der Waals surface area contributed by atoms with Gasteiger partial charge in [-0.25, -0.2) is 8.78 Å². The van der Waals surface area contributed by atoms with Crippen molar-refractivity contribution >= 4 is 5.69 Å². The monoisotopic (exact) mass is 298 g/mol. The quantitative estimate of drug-likeness (QED) is 0.755. The summed E-state index contributed by atoms with van der Waals surface area (Å²) < 4.78 is 26.2. The van der Waals surface area contributed by atoms with E-state index in [9.17, 15) is 13.9 Å². The molecule has 1 unspecified atom stereocenters. The largest absolute Gasteiger partial charge is 0.388 e. The van der Waals surface area contributed by atoms with Crippen LogP contribution in [0, 0.1) is 5.92 Å². The fourth-order valence-corrected chi connectivity index (χ4v) is 2.75. The number of aliphatic hydroxyl groups is 1. The summed E-state index contributed by atoms with van der Waals surface area (Å²) in [6.45, 7) is 1.14. The number of alkyl halides is 2. The molecule has 0 amide bonds. The highest BCUT2D eigenvalue weighted by Gasteiger charge is 2.34. The highest BCUT2D eigenvalue weighted by Crippen LogP contribution is 2.36. The minimum absolute atomic E-state index is 0.00536. The topological polar surface area (TPSA) is 58.3 Å². The number of anilines is 1. The minimum Gasteiger partial charge on any atom is -0.388 e. The lowest BCUT2D eigenvalue weighted by atomic mass is 9.87. The molecule has 21 heavy (non-hydrogen) atoms. The van der Waals surface area contributed by atoms with Gasteiger partial charge >= 0.3 is 0 Å². The molecule has 0 aliphatic heterocycles. The molecule has 0 spiro atoms. The fraction of sp³-hybridized carbons (Fsp3) is 0.625. The first-order valence-corrected chi connectivity index (χ1v) is 7.60. The van der Waals surface area contributed by atoms with Crippen LogP contribution in [0.5, 0.6) is 0 Å². The van der Waals surface area contributed by atoms with E-state index in [2.05, 4.69) is 5.32 Å². The van der Waals surface area contributed by atoms with Crippen molar-refractivity contribution in [1.82, 2.24) is 0 Å². The maximum absolute atomic E-state index is 13.1. The summed E-state index contributed by atoms with van der Waals surface area (Å²) in [5.74, 6) is -2.18. The van der Waals surface area contributed by atoms with Gasteiger partial charge in [0.1, 0.15) is 0 Å². The molecule has 1 saturated carbocycles. The minimum atomic E-state index is -2.47. The van der Waals surface area contributed by atoms with Gasteiger partial charge in [-0.15, -0.1) is 0 Å². The summed E-state index contributed by atoms with van der Waals surface area (Å²) in [5, 5.41) is 13.2. The fourth-order valence-electron chi connectivity index (χ4n) is 2.75. The molecule has 3 nitrogen and oxygen atoms in total. The second-order valence-electron chi connectivity index (χ2n) is 5.90. The van der Waals surface area contributed by atoms with Crippen LogP contribution >= 0.6 is 0 Å². The van der Waals surface area contributed by atoms with Crippen LogP contribution in [0.2, 0.25) is 0 Å². The SMILES string of the molecule is NCCC(O)c1cccc(NCC2CCC(F)(F)CC2)c1. The van der Waals surface area contributed by atoms with Crippen molar-refractivity contribution in [3.8, 4) is 0 Å². The zero-order valence-electron chi connectivity index (χ0n) is 12.2. The molecule has 0 saturated heterocycles. The number of hydrogen-bond donors (Lipinski definition) is 3. The first-order chi connectivity index (χ1) is 10.00. The average molecular weight is 298 g/mol. The maximum Gasteiger partial charge on any atom is 0.248 e. The van der Waals surface area contributed by atoms with Gasteiger partial charge in [0.25, 0.3) is 0 Å². The number of nitrogens with one attached hydrogen (secondary N) is 1. The Labute approximate surface area is 124 Å². The molecule has 2 rings (SSSR count). The zero-order chi connectivity index (χ0) is 15.3. The van der Waals surface area contributed by atoms with E-state index in [1.807, 2.05) is 24.3 Å². The molecule has 1 aliphatic carbocycles. The number of benzene rings is 1. The molecule has 1 aliphatic rings. The van der Waals surface area contributed by atoms with Gasteiger partial charge in [-0.1, -0.05) is 12.1 Å². The molecule has 4 N–H and O–H groups in total. The molecule has 0 heterocycles. The van der Waals surface area contributed by atoms with Crippen LogP contribution in [-0.4, -0.2) is 24.1 Å². The van der Waals surface area contributed by atoms with E-state index in [-0.39, 0.29) is 12.8 Å². The zero-order valence-corrected chi connectivity index (χ0v) is 12.2. The predicted octanol–water partition coefficient (Wildman–Crippen LogP) is 3.31. The van der Waals surface area contributed by atoms with E-state index < -0.39 is 12.0 Å². The van der Waals surface area contributed by atoms with Gasteiger partial charge in [-0.3, -0.25) is 0 Å². The Balaban J connectivity index is 1.85. The van der Waals surface area contributed by atoms with E-state index in [0.29, 0.717) is 38.3 Å².